The Balaban J connectivity index is 1.71. The van der Waals surface area contributed by atoms with Crippen LogP contribution in [-0.4, -0.2) is 29.9 Å². The minimum Gasteiger partial charge on any atom is -0.405 e. The lowest BCUT2D eigenvalue weighted by Crippen LogP contribution is -2.37. The van der Waals surface area contributed by atoms with E-state index in [-0.39, 0.29) is 11.9 Å². The smallest absolute Gasteiger partial charge is 0.229 e. The van der Waals surface area contributed by atoms with Crippen LogP contribution >= 0.6 is 0 Å². The average molecular weight is 375 g/mol. The van der Waals surface area contributed by atoms with E-state index in [4.69, 9.17) is 16.5 Å². The Hall–Kier alpha value is -1.52. The Morgan fingerprint density at radius 1 is 1.07 bits per heavy atom. The van der Waals surface area contributed by atoms with Crippen molar-refractivity contribution in [2.45, 2.75) is 83.1 Å². The molecule has 4 N–H and O–H groups in total. The van der Waals surface area contributed by atoms with Crippen molar-refractivity contribution in [3.05, 3.63) is 12.3 Å². The van der Waals surface area contributed by atoms with E-state index in [1.807, 2.05) is 0 Å². The molecule has 0 bridgehead atoms. The van der Waals surface area contributed by atoms with Crippen molar-refractivity contribution in [1.82, 2.24) is 4.90 Å². The number of amides is 1. The van der Waals surface area contributed by atoms with Gasteiger partial charge in [-0.3, -0.25) is 9.69 Å². The van der Waals surface area contributed by atoms with Gasteiger partial charge in [-0.2, -0.15) is 0 Å². The van der Waals surface area contributed by atoms with Crippen LogP contribution in [0.2, 0.25) is 0 Å². The van der Waals surface area contributed by atoms with Gasteiger partial charge in [0.15, 0.2) is 5.96 Å². The lowest BCUT2D eigenvalue weighted by Gasteiger charge is -2.33. The van der Waals surface area contributed by atoms with Gasteiger partial charge in [-0.05, 0) is 55.6 Å². The zero-order valence-corrected chi connectivity index (χ0v) is 17.0. The van der Waals surface area contributed by atoms with E-state index >= 15 is 0 Å². The van der Waals surface area contributed by atoms with Crippen molar-refractivity contribution < 1.29 is 4.79 Å². The summed E-state index contributed by atoms with van der Waals surface area (Å²) >= 11 is 0. The van der Waals surface area contributed by atoms with E-state index in [9.17, 15) is 4.79 Å². The quantitative estimate of drug-likeness (QED) is 0.768. The number of guanidine groups is 1. The van der Waals surface area contributed by atoms with Crippen molar-refractivity contribution in [3.8, 4) is 0 Å². The van der Waals surface area contributed by atoms with Crippen LogP contribution in [0.15, 0.2) is 17.3 Å². The van der Waals surface area contributed by atoms with Gasteiger partial charge in [-0.15, -0.1) is 0 Å². The topological polar surface area (TPSA) is 84.7 Å². The lowest BCUT2D eigenvalue weighted by atomic mass is 9.74. The first-order chi connectivity index (χ1) is 13.1. The number of hydrogen-bond donors (Lipinski definition) is 2. The molecule has 2 aliphatic carbocycles. The van der Waals surface area contributed by atoms with E-state index in [1.54, 1.807) is 18.1 Å². The summed E-state index contributed by atoms with van der Waals surface area (Å²) in [6.07, 6.45) is 18.3. The van der Waals surface area contributed by atoms with Gasteiger partial charge in [0.1, 0.15) is 0 Å². The molecule has 3 aliphatic rings. The summed E-state index contributed by atoms with van der Waals surface area (Å²) < 4.78 is 0. The van der Waals surface area contributed by atoms with Crippen molar-refractivity contribution in [1.29, 1.82) is 0 Å². The minimum absolute atomic E-state index is 0.132. The summed E-state index contributed by atoms with van der Waals surface area (Å²) in [4.78, 5) is 19.0. The van der Waals surface area contributed by atoms with E-state index < -0.39 is 0 Å². The molecule has 5 nitrogen and oxygen atoms in total. The van der Waals surface area contributed by atoms with Crippen LogP contribution in [-0.2, 0) is 4.79 Å². The van der Waals surface area contributed by atoms with Crippen LogP contribution in [0.5, 0.6) is 0 Å². The predicted octanol–water partition coefficient (Wildman–Crippen LogP) is 3.79. The minimum atomic E-state index is 0.132. The molecule has 152 valence electrons. The Bertz CT molecular complexity index is 553. The first kappa shape index (κ1) is 20.2. The van der Waals surface area contributed by atoms with Crippen molar-refractivity contribution in [2.24, 2.45) is 40.1 Å². The maximum atomic E-state index is 12.6. The van der Waals surface area contributed by atoms with Gasteiger partial charge in [0.2, 0.25) is 5.91 Å². The molecule has 0 aromatic rings. The second kappa shape index (κ2) is 9.61. The van der Waals surface area contributed by atoms with E-state index in [0.29, 0.717) is 30.1 Å². The summed E-state index contributed by atoms with van der Waals surface area (Å²) in [5.41, 5.74) is 11.8. The molecule has 0 spiro atoms. The molecule has 0 radical (unpaired) electrons. The van der Waals surface area contributed by atoms with Crippen molar-refractivity contribution in [2.75, 3.05) is 7.05 Å². The zero-order chi connectivity index (χ0) is 19.2. The van der Waals surface area contributed by atoms with Crippen LogP contribution in [0.4, 0.5) is 0 Å². The van der Waals surface area contributed by atoms with Gasteiger partial charge < -0.3 is 11.5 Å². The van der Waals surface area contributed by atoms with Crippen LogP contribution in [0.25, 0.3) is 0 Å². The molecule has 2 saturated carbocycles. The standard InChI is InChI=1S/C22H38N4O/c1-26-21(27)15-19(13-16-6-3-2-4-7-16)20(25-22(26)24)14-18-9-5-8-17(12-18)10-11-23/h10-11,16-20H,2-9,12-15,23H2,1H3,(H2,24,25)/b11-10+/t17?,18-,19?,20-/m0/s1. The third kappa shape index (κ3) is 5.49. The number of aliphatic imine (C=N–C) groups is 1. The summed E-state index contributed by atoms with van der Waals surface area (Å²) in [7, 11) is 1.77. The van der Waals surface area contributed by atoms with E-state index in [2.05, 4.69) is 6.08 Å². The highest BCUT2D eigenvalue weighted by Crippen LogP contribution is 2.38. The normalized spacial score (nSPS) is 33.9. The number of nitrogens with two attached hydrogens (primary N) is 2. The Labute approximate surface area is 164 Å². The van der Waals surface area contributed by atoms with Gasteiger partial charge >= 0.3 is 0 Å². The van der Waals surface area contributed by atoms with E-state index in [1.165, 1.54) is 57.8 Å². The molecule has 27 heavy (non-hydrogen) atoms. The van der Waals surface area contributed by atoms with Crippen LogP contribution in [0.3, 0.4) is 0 Å². The summed E-state index contributed by atoms with van der Waals surface area (Å²) in [6, 6.07) is 0.187. The Morgan fingerprint density at radius 2 is 1.81 bits per heavy atom. The maximum absolute atomic E-state index is 12.6. The van der Waals surface area contributed by atoms with Gasteiger partial charge in [-0.25, -0.2) is 4.99 Å². The highest BCUT2D eigenvalue weighted by atomic mass is 16.2. The Morgan fingerprint density at radius 3 is 2.56 bits per heavy atom. The molecule has 2 fully saturated rings. The fourth-order valence-corrected chi connectivity index (χ4v) is 5.54. The van der Waals surface area contributed by atoms with Crippen LogP contribution in [0.1, 0.15) is 77.0 Å². The molecule has 5 heteroatoms. The van der Waals surface area contributed by atoms with Gasteiger partial charge in [0, 0.05) is 13.5 Å². The molecule has 1 aliphatic heterocycles. The molecule has 3 rings (SSSR count). The number of rotatable bonds is 5. The molecule has 2 unspecified atom stereocenters. The molecular formula is C22H38N4O. The van der Waals surface area contributed by atoms with Crippen LogP contribution < -0.4 is 11.5 Å². The third-order valence-electron chi connectivity index (χ3n) is 7.14. The van der Waals surface area contributed by atoms with Gasteiger partial charge in [-0.1, -0.05) is 51.0 Å². The highest BCUT2D eigenvalue weighted by molar-refractivity contribution is 5.96. The fourth-order valence-electron chi connectivity index (χ4n) is 5.54. The second-order valence-electron chi connectivity index (χ2n) is 9.12. The molecule has 0 aromatic carbocycles. The number of hydrogen-bond acceptors (Lipinski definition) is 4. The van der Waals surface area contributed by atoms with Crippen molar-refractivity contribution >= 4 is 11.9 Å². The fraction of sp³-hybridized carbons (Fsp3) is 0.818. The van der Waals surface area contributed by atoms with E-state index in [0.717, 1.165) is 18.8 Å². The molecule has 1 heterocycles. The first-order valence-electron chi connectivity index (χ1n) is 11.0. The van der Waals surface area contributed by atoms with Crippen molar-refractivity contribution in [3.63, 3.8) is 0 Å². The van der Waals surface area contributed by atoms with Gasteiger partial charge in [0.25, 0.3) is 0 Å². The third-order valence-corrected chi connectivity index (χ3v) is 7.14. The van der Waals surface area contributed by atoms with Crippen LogP contribution in [0, 0.1) is 23.7 Å². The monoisotopic (exact) mass is 374 g/mol. The number of nitrogens with zero attached hydrogens (tertiary/aromatic N) is 2. The second-order valence-corrected chi connectivity index (χ2v) is 9.12. The highest BCUT2D eigenvalue weighted by Gasteiger charge is 2.34. The summed E-state index contributed by atoms with van der Waals surface area (Å²) in [5, 5.41) is 0. The lowest BCUT2D eigenvalue weighted by molar-refractivity contribution is -0.127. The predicted molar refractivity (Wildman–Crippen MR) is 111 cm³/mol. The zero-order valence-electron chi connectivity index (χ0n) is 17.0. The largest absolute Gasteiger partial charge is 0.405 e. The summed E-state index contributed by atoms with van der Waals surface area (Å²) in [5.74, 6) is 2.90. The number of allylic oxidation sites excluding steroid dienone is 1. The molecular weight excluding hydrogens is 336 g/mol. The SMILES string of the molecule is CN1C(=O)CC(CC2CCCCC2)[C@H](C[C@H]2CCCC(/C=C/N)C2)N=C1N. The Kier molecular flexibility index (Phi) is 7.20. The maximum Gasteiger partial charge on any atom is 0.229 e. The van der Waals surface area contributed by atoms with Gasteiger partial charge in [0.05, 0.1) is 6.04 Å². The molecule has 4 atom stereocenters. The molecule has 0 saturated heterocycles. The molecule has 1 amide bonds. The number of carbonyl (C=O) groups excluding carboxylic acids is 1. The first-order valence-corrected chi connectivity index (χ1v) is 11.0. The summed E-state index contributed by atoms with van der Waals surface area (Å²) in [6.45, 7) is 0. The number of carbonyl (C=O) groups is 1. The molecule has 0 aromatic heterocycles. The average Bonchev–Trinajstić information content (AvgIpc) is 2.76.